The van der Waals surface area contributed by atoms with E-state index < -0.39 is 5.91 Å². The van der Waals surface area contributed by atoms with Crippen molar-refractivity contribution in [2.45, 2.75) is 0 Å². The summed E-state index contributed by atoms with van der Waals surface area (Å²) in [7, 11) is 1.43. The third kappa shape index (κ3) is 3.01. The fourth-order valence-electron chi connectivity index (χ4n) is 1.64. The van der Waals surface area contributed by atoms with E-state index in [1.165, 1.54) is 37.6 Å². The van der Waals surface area contributed by atoms with Crippen molar-refractivity contribution < 1.29 is 14.3 Å². The number of nitrogens with two attached hydrogens (primary N) is 2. The molecule has 1 heterocycles. The molecule has 0 saturated carbocycles. The van der Waals surface area contributed by atoms with Crippen LogP contribution >= 0.6 is 0 Å². The van der Waals surface area contributed by atoms with Gasteiger partial charge in [0.15, 0.2) is 11.5 Å². The standard InChI is InChI=1S/C14H12N4O3/c1-20-12-5-8(13(17)19)2-3-11(12)21-14-9(6-15)4-10(16)7-18-14/h2-5,7H,16H2,1H3,(H2,17,19). The summed E-state index contributed by atoms with van der Waals surface area (Å²) in [6, 6.07) is 7.84. The molecule has 1 aromatic heterocycles. The Morgan fingerprint density at radius 2 is 2.10 bits per heavy atom. The molecule has 1 amide bonds. The molecule has 0 bridgehead atoms. The lowest BCUT2D eigenvalue weighted by atomic mass is 10.2. The second kappa shape index (κ2) is 5.79. The van der Waals surface area contributed by atoms with E-state index in [-0.39, 0.29) is 17.0 Å². The van der Waals surface area contributed by atoms with Gasteiger partial charge in [-0.2, -0.15) is 5.26 Å². The van der Waals surface area contributed by atoms with Crippen molar-refractivity contribution >= 4 is 11.6 Å². The molecule has 106 valence electrons. The van der Waals surface area contributed by atoms with Crippen LogP contribution in [0.15, 0.2) is 30.5 Å². The number of carbonyl (C=O) groups is 1. The third-order valence-corrected chi connectivity index (χ3v) is 2.65. The molecule has 2 rings (SSSR count). The highest BCUT2D eigenvalue weighted by atomic mass is 16.5. The molecular weight excluding hydrogens is 272 g/mol. The quantitative estimate of drug-likeness (QED) is 0.875. The maximum atomic E-state index is 11.1. The lowest BCUT2D eigenvalue weighted by molar-refractivity contribution is 0.1000. The number of nitrogen functional groups attached to an aromatic ring is 1. The first kappa shape index (κ1) is 14.1. The van der Waals surface area contributed by atoms with Gasteiger partial charge in [-0.05, 0) is 24.3 Å². The zero-order chi connectivity index (χ0) is 15.4. The molecule has 0 radical (unpaired) electrons. The number of rotatable bonds is 4. The van der Waals surface area contributed by atoms with E-state index in [4.69, 9.17) is 26.2 Å². The van der Waals surface area contributed by atoms with Crippen LogP contribution in [0.25, 0.3) is 0 Å². The Labute approximate surface area is 120 Å². The molecule has 2 aromatic rings. The first-order valence-corrected chi connectivity index (χ1v) is 5.86. The summed E-state index contributed by atoms with van der Waals surface area (Å²) in [4.78, 5) is 15.1. The third-order valence-electron chi connectivity index (χ3n) is 2.65. The predicted molar refractivity (Wildman–Crippen MR) is 75.0 cm³/mol. The van der Waals surface area contributed by atoms with Gasteiger partial charge in [-0.25, -0.2) is 4.98 Å². The van der Waals surface area contributed by atoms with Crippen molar-refractivity contribution in [1.29, 1.82) is 5.26 Å². The van der Waals surface area contributed by atoms with E-state index in [2.05, 4.69) is 4.98 Å². The Bertz CT molecular complexity index is 737. The minimum absolute atomic E-state index is 0.0943. The van der Waals surface area contributed by atoms with Crippen LogP contribution in [0.2, 0.25) is 0 Å². The monoisotopic (exact) mass is 284 g/mol. The van der Waals surface area contributed by atoms with Crippen LogP contribution in [-0.4, -0.2) is 18.0 Å². The summed E-state index contributed by atoms with van der Waals surface area (Å²) in [5.74, 6) is 0.116. The van der Waals surface area contributed by atoms with Crippen molar-refractivity contribution in [2.24, 2.45) is 5.73 Å². The summed E-state index contributed by atoms with van der Waals surface area (Å²) in [6.45, 7) is 0. The number of methoxy groups -OCH3 is 1. The highest BCUT2D eigenvalue weighted by Gasteiger charge is 2.13. The summed E-state index contributed by atoms with van der Waals surface area (Å²) in [6.07, 6.45) is 1.38. The number of benzene rings is 1. The number of hydrogen-bond acceptors (Lipinski definition) is 6. The molecule has 0 spiro atoms. The second-order valence-electron chi connectivity index (χ2n) is 4.07. The van der Waals surface area contributed by atoms with E-state index in [1.807, 2.05) is 6.07 Å². The lowest BCUT2D eigenvalue weighted by Crippen LogP contribution is -2.11. The van der Waals surface area contributed by atoms with E-state index in [0.717, 1.165) is 0 Å². The van der Waals surface area contributed by atoms with Crippen LogP contribution in [0.3, 0.4) is 0 Å². The normalized spacial score (nSPS) is 9.71. The smallest absolute Gasteiger partial charge is 0.248 e. The molecule has 1 aromatic carbocycles. The highest BCUT2D eigenvalue weighted by Crippen LogP contribution is 2.33. The van der Waals surface area contributed by atoms with E-state index in [0.29, 0.717) is 17.2 Å². The molecule has 0 unspecified atom stereocenters. The zero-order valence-electron chi connectivity index (χ0n) is 11.2. The van der Waals surface area contributed by atoms with Gasteiger partial charge >= 0.3 is 0 Å². The number of hydrogen-bond donors (Lipinski definition) is 2. The summed E-state index contributed by atoms with van der Waals surface area (Å²) >= 11 is 0. The van der Waals surface area contributed by atoms with Gasteiger partial charge in [0.05, 0.1) is 19.0 Å². The number of carbonyl (C=O) groups excluding carboxylic acids is 1. The number of aromatic nitrogens is 1. The van der Waals surface area contributed by atoms with Crippen molar-refractivity contribution in [2.75, 3.05) is 12.8 Å². The fraction of sp³-hybridized carbons (Fsp3) is 0.0714. The Hall–Kier alpha value is -3.27. The molecule has 7 nitrogen and oxygen atoms in total. The predicted octanol–water partition coefficient (Wildman–Crippen LogP) is 1.44. The molecule has 0 aliphatic rings. The van der Waals surface area contributed by atoms with Gasteiger partial charge in [-0.15, -0.1) is 0 Å². The maximum Gasteiger partial charge on any atom is 0.248 e. The van der Waals surface area contributed by atoms with Crippen LogP contribution in [-0.2, 0) is 0 Å². The maximum absolute atomic E-state index is 11.1. The average molecular weight is 284 g/mol. The van der Waals surface area contributed by atoms with Crippen molar-refractivity contribution in [3.05, 3.63) is 41.6 Å². The number of pyridine rings is 1. The van der Waals surface area contributed by atoms with Gasteiger partial charge in [0.25, 0.3) is 0 Å². The topological polar surface area (TPSA) is 124 Å². The number of nitrogens with zero attached hydrogens (tertiary/aromatic N) is 2. The first-order chi connectivity index (χ1) is 10.0. The summed E-state index contributed by atoms with van der Waals surface area (Å²) in [5.41, 5.74) is 11.6. The minimum Gasteiger partial charge on any atom is -0.493 e. The second-order valence-corrected chi connectivity index (χ2v) is 4.07. The highest BCUT2D eigenvalue weighted by molar-refractivity contribution is 5.93. The van der Waals surface area contributed by atoms with Gasteiger partial charge < -0.3 is 20.9 Å². The number of primary amides is 1. The van der Waals surface area contributed by atoms with Crippen molar-refractivity contribution in [1.82, 2.24) is 4.98 Å². The van der Waals surface area contributed by atoms with Gasteiger partial charge in [0.1, 0.15) is 11.6 Å². The van der Waals surface area contributed by atoms with Gasteiger partial charge in [0.2, 0.25) is 11.8 Å². The Morgan fingerprint density at radius 3 is 2.71 bits per heavy atom. The van der Waals surface area contributed by atoms with E-state index >= 15 is 0 Å². The molecule has 21 heavy (non-hydrogen) atoms. The van der Waals surface area contributed by atoms with E-state index in [1.54, 1.807) is 0 Å². The number of anilines is 1. The minimum atomic E-state index is -0.580. The Kier molecular flexibility index (Phi) is 3.90. The van der Waals surface area contributed by atoms with Gasteiger partial charge in [0, 0.05) is 5.56 Å². The summed E-state index contributed by atoms with van der Waals surface area (Å²) in [5, 5.41) is 9.05. The van der Waals surface area contributed by atoms with E-state index in [9.17, 15) is 4.79 Å². The average Bonchev–Trinajstić information content (AvgIpc) is 2.49. The van der Waals surface area contributed by atoms with Crippen molar-refractivity contribution in [3.63, 3.8) is 0 Å². The molecule has 0 fully saturated rings. The van der Waals surface area contributed by atoms with Gasteiger partial charge in [-0.1, -0.05) is 0 Å². The zero-order valence-corrected chi connectivity index (χ0v) is 11.2. The first-order valence-electron chi connectivity index (χ1n) is 5.86. The Balaban J connectivity index is 2.40. The SMILES string of the molecule is COc1cc(C(N)=O)ccc1Oc1ncc(N)cc1C#N. The van der Waals surface area contributed by atoms with Crippen molar-refractivity contribution in [3.8, 4) is 23.4 Å². The number of nitriles is 1. The van der Waals surface area contributed by atoms with Crippen LogP contribution < -0.4 is 20.9 Å². The van der Waals surface area contributed by atoms with Gasteiger partial charge in [-0.3, -0.25) is 4.79 Å². The van der Waals surface area contributed by atoms with Crippen LogP contribution in [0, 0.1) is 11.3 Å². The summed E-state index contributed by atoms with van der Waals surface area (Å²) < 4.78 is 10.7. The molecule has 0 aliphatic carbocycles. The fourth-order valence-corrected chi connectivity index (χ4v) is 1.64. The van der Waals surface area contributed by atoms with Crippen LogP contribution in [0.5, 0.6) is 17.4 Å². The molecule has 0 aliphatic heterocycles. The lowest BCUT2D eigenvalue weighted by Gasteiger charge is -2.11. The number of ether oxygens (including phenoxy) is 2. The molecule has 0 atom stereocenters. The largest absolute Gasteiger partial charge is 0.493 e. The Morgan fingerprint density at radius 1 is 1.33 bits per heavy atom. The molecule has 0 saturated heterocycles. The molecule has 7 heteroatoms. The van der Waals surface area contributed by atoms with Crippen LogP contribution in [0.4, 0.5) is 5.69 Å². The number of amides is 1. The molecular formula is C14H12N4O3. The van der Waals surface area contributed by atoms with Crippen LogP contribution in [0.1, 0.15) is 15.9 Å². The molecule has 4 N–H and O–H groups in total.